The van der Waals surface area contributed by atoms with Crippen LogP contribution >= 0.6 is 11.3 Å². The van der Waals surface area contributed by atoms with Gasteiger partial charge in [0.2, 0.25) is 5.91 Å². The van der Waals surface area contributed by atoms with Gasteiger partial charge in [-0.1, -0.05) is 42.5 Å². The average Bonchev–Trinajstić information content (AvgIpc) is 3.22. The van der Waals surface area contributed by atoms with Gasteiger partial charge in [-0.2, -0.15) is 5.26 Å². The van der Waals surface area contributed by atoms with Crippen molar-refractivity contribution in [3.05, 3.63) is 65.2 Å². The van der Waals surface area contributed by atoms with E-state index in [2.05, 4.69) is 16.5 Å². The van der Waals surface area contributed by atoms with E-state index in [0.29, 0.717) is 5.01 Å². The highest BCUT2D eigenvalue weighted by molar-refractivity contribution is 7.18. The summed E-state index contributed by atoms with van der Waals surface area (Å²) in [5.41, 5.74) is 4.42. The minimum absolute atomic E-state index is 0.0152. The molecule has 1 saturated heterocycles. The Morgan fingerprint density at radius 1 is 1.19 bits per heavy atom. The van der Waals surface area contributed by atoms with Gasteiger partial charge in [-0.15, -0.1) is 11.3 Å². The Labute approximate surface area is 154 Å². The number of carbonyl (C=O) groups is 1. The summed E-state index contributed by atoms with van der Waals surface area (Å²) in [6.07, 6.45) is 0.0152. The minimum atomic E-state index is -0.617. The zero-order valence-electron chi connectivity index (χ0n) is 13.7. The van der Waals surface area contributed by atoms with Crippen molar-refractivity contribution < 1.29 is 4.79 Å². The Morgan fingerprint density at radius 2 is 1.92 bits per heavy atom. The fourth-order valence-corrected chi connectivity index (χ4v) is 4.18. The maximum atomic E-state index is 11.8. The second-order valence-corrected chi connectivity index (χ2v) is 7.07. The van der Waals surface area contributed by atoms with Crippen LogP contribution in [0, 0.1) is 16.7 Å². The molecule has 1 amide bonds. The largest absolute Gasteiger partial charge is 0.287 e. The van der Waals surface area contributed by atoms with E-state index in [4.69, 9.17) is 5.41 Å². The zero-order valence-corrected chi connectivity index (χ0v) is 14.5. The molecule has 0 radical (unpaired) electrons. The van der Waals surface area contributed by atoms with Gasteiger partial charge in [-0.3, -0.25) is 20.6 Å². The number of nitrogens with zero attached hydrogens (tertiary/aromatic N) is 3. The molecule has 6 nitrogen and oxygen atoms in total. The van der Waals surface area contributed by atoms with Crippen LogP contribution in [0.2, 0.25) is 0 Å². The molecular formula is C19H15N5OS. The smallest absolute Gasteiger partial charge is 0.246 e. The molecule has 1 fully saturated rings. The number of hydrogen-bond acceptors (Lipinski definition) is 5. The Hall–Kier alpha value is -3.24. The first-order valence-corrected chi connectivity index (χ1v) is 8.95. The Bertz CT molecular complexity index is 990. The Morgan fingerprint density at radius 3 is 2.58 bits per heavy atom. The highest BCUT2D eigenvalue weighted by Crippen LogP contribution is 2.39. The molecule has 26 heavy (non-hydrogen) atoms. The maximum Gasteiger partial charge on any atom is 0.246 e. The summed E-state index contributed by atoms with van der Waals surface area (Å²) in [6.45, 7) is 0. The second-order valence-electron chi connectivity index (χ2n) is 6.01. The Balaban J connectivity index is 1.82. The van der Waals surface area contributed by atoms with Crippen molar-refractivity contribution in [2.75, 3.05) is 0 Å². The molecule has 0 aliphatic carbocycles. The van der Waals surface area contributed by atoms with Gasteiger partial charge in [0.1, 0.15) is 16.8 Å². The summed E-state index contributed by atoms with van der Waals surface area (Å²) < 4.78 is 1.01. The molecule has 0 saturated carbocycles. The number of fused-ring (bicyclic) bond motifs is 1. The van der Waals surface area contributed by atoms with Gasteiger partial charge in [0.05, 0.1) is 28.7 Å². The van der Waals surface area contributed by atoms with Crippen LogP contribution in [0.15, 0.2) is 54.6 Å². The van der Waals surface area contributed by atoms with Gasteiger partial charge >= 0.3 is 0 Å². The normalized spacial score (nSPS) is 16.3. The maximum absolute atomic E-state index is 11.8. The summed E-state index contributed by atoms with van der Waals surface area (Å²) in [4.78, 5) is 16.4. The number of amidine groups is 1. The van der Waals surface area contributed by atoms with Crippen molar-refractivity contribution in [2.45, 2.75) is 18.4 Å². The van der Waals surface area contributed by atoms with Gasteiger partial charge in [0, 0.05) is 0 Å². The van der Waals surface area contributed by atoms with Crippen LogP contribution < -0.4 is 5.43 Å². The van der Waals surface area contributed by atoms with E-state index in [9.17, 15) is 10.1 Å². The molecule has 2 N–H and O–H groups in total. The van der Waals surface area contributed by atoms with Gasteiger partial charge in [-0.25, -0.2) is 4.98 Å². The first kappa shape index (κ1) is 16.2. The predicted octanol–water partition coefficient (Wildman–Crippen LogP) is 3.36. The number of aromatic nitrogens is 1. The van der Waals surface area contributed by atoms with Crippen molar-refractivity contribution in [2.24, 2.45) is 0 Å². The van der Waals surface area contributed by atoms with E-state index in [0.717, 1.165) is 15.8 Å². The molecular weight excluding hydrogens is 346 g/mol. The van der Waals surface area contributed by atoms with Gasteiger partial charge < -0.3 is 0 Å². The summed E-state index contributed by atoms with van der Waals surface area (Å²) >= 11 is 1.47. The number of benzene rings is 2. The van der Waals surface area contributed by atoms with Crippen molar-refractivity contribution in [1.82, 2.24) is 15.4 Å². The number of nitriles is 1. The van der Waals surface area contributed by atoms with E-state index in [1.807, 2.05) is 54.6 Å². The standard InChI is InChI=1S/C19H15N5OS/c20-11-13(19-22-14-8-4-5-9-15(14)26-19)18(12-6-2-1-3-7-12)24-16(21)10-17(25)23-24/h1-9,13,18,21H,10H2,(H,23,25)/t13-,18+/m0/s1. The lowest BCUT2D eigenvalue weighted by atomic mass is 9.93. The van der Waals surface area contributed by atoms with Crippen LogP contribution in [-0.2, 0) is 4.79 Å². The molecule has 4 rings (SSSR count). The molecule has 1 aliphatic rings. The van der Waals surface area contributed by atoms with E-state index in [1.165, 1.54) is 16.3 Å². The summed E-state index contributed by atoms with van der Waals surface area (Å²) in [6, 6.07) is 19.1. The van der Waals surface area contributed by atoms with Crippen LogP contribution in [0.1, 0.15) is 29.0 Å². The van der Waals surface area contributed by atoms with Crippen LogP contribution in [-0.4, -0.2) is 21.7 Å². The van der Waals surface area contributed by atoms with E-state index < -0.39 is 12.0 Å². The number of nitrogens with one attached hydrogen (secondary N) is 2. The lowest BCUT2D eigenvalue weighted by Crippen LogP contribution is -2.41. The molecule has 0 bridgehead atoms. The van der Waals surface area contributed by atoms with Gasteiger partial charge in [0.15, 0.2) is 0 Å². The molecule has 2 heterocycles. The molecule has 0 spiro atoms. The minimum Gasteiger partial charge on any atom is -0.287 e. The van der Waals surface area contributed by atoms with Gasteiger partial charge in [-0.05, 0) is 17.7 Å². The zero-order chi connectivity index (χ0) is 18.1. The van der Waals surface area contributed by atoms with Crippen molar-refractivity contribution >= 4 is 33.3 Å². The second kappa shape index (κ2) is 6.58. The fourth-order valence-electron chi connectivity index (χ4n) is 3.14. The molecule has 2 atom stereocenters. The summed E-state index contributed by atoms with van der Waals surface area (Å²) in [5.74, 6) is -0.698. The highest BCUT2D eigenvalue weighted by Gasteiger charge is 2.38. The van der Waals surface area contributed by atoms with E-state index >= 15 is 0 Å². The van der Waals surface area contributed by atoms with Crippen LogP contribution in [0.5, 0.6) is 0 Å². The number of para-hydroxylation sites is 1. The lowest BCUT2D eigenvalue weighted by molar-refractivity contribution is -0.121. The topological polar surface area (TPSA) is 92.9 Å². The lowest BCUT2D eigenvalue weighted by Gasteiger charge is -2.31. The van der Waals surface area contributed by atoms with E-state index in [1.54, 1.807) is 0 Å². The average molecular weight is 361 g/mol. The highest BCUT2D eigenvalue weighted by atomic mass is 32.1. The monoisotopic (exact) mass is 361 g/mol. The van der Waals surface area contributed by atoms with Gasteiger partial charge in [0.25, 0.3) is 0 Å². The van der Waals surface area contributed by atoms with E-state index in [-0.39, 0.29) is 18.2 Å². The number of carbonyl (C=O) groups excluding carboxylic acids is 1. The SMILES string of the molecule is N#C[C@H](c1nc2ccccc2s1)[C@@H](c1ccccc1)N1NC(=O)CC1=N. The molecule has 3 aromatic rings. The first-order valence-electron chi connectivity index (χ1n) is 8.13. The third kappa shape index (κ3) is 2.80. The van der Waals surface area contributed by atoms with Crippen molar-refractivity contribution in [3.8, 4) is 6.07 Å². The first-order chi connectivity index (χ1) is 12.7. The predicted molar refractivity (Wildman–Crippen MR) is 99.5 cm³/mol. The number of thiazole rings is 1. The quantitative estimate of drug-likeness (QED) is 0.745. The van der Waals surface area contributed by atoms with Crippen molar-refractivity contribution in [3.63, 3.8) is 0 Å². The fraction of sp³-hybridized carbons (Fsp3) is 0.158. The molecule has 0 unspecified atom stereocenters. The molecule has 2 aromatic carbocycles. The summed E-state index contributed by atoms with van der Waals surface area (Å²) in [5, 5.41) is 20.3. The number of hydrazine groups is 1. The van der Waals surface area contributed by atoms with Crippen LogP contribution in [0.3, 0.4) is 0 Å². The number of hydrogen-bond donors (Lipinski definition) is 2. The third-order valence-electron chi connectivity index (χ3n) is 4.31. The molecule has 7 heteroatoms. The van der Waals surface area contributed by atoms with Crippen molar-refractivity contribution in [1.29, 1.82) is 10.7 Å². The molecule has 1 aromatic heterocycles. The third-order valence-corrected chi connectivity index (χ3v) is 5.43. The summed E-state index contributed by atoms with van der Waals surface area (Å²) in [7, 11) is 0. The molecule has 1 aliphatic heterocycles. The number of rotatable bonds is 4. The van der Waals surface area contributed by atoms with Crippen LogP contribution in [0.4, 0.5) is 0 Å². The number of amides is 1. The Kier molecular flexibility index (Phi) is 4.11. The molecule has 128 valence electrons. The van der Waals surface area contributed by atoms with Crippen LogP contribution in [0.25, 0.3) is 10.2 Å².